The lowest BCUT2D eigenvalue weighted by atomic mass is 10.1. The highest BCUT2D eigenvalue weighted by Gasteiger charge is 2.38. The summed E-state index contributed by atoms with van der Waals surface area (Å²) in [6, 6.07) is 11.6. The van der Waals surface area contributed by atoms with Crippen molar-refractivity contribution in [3.8, 4) is 5.75 Å². The van der Waals surface area contributed by atoms with Crippen LogP contribution in [0.4, 0.5) is 15.8 Å². The fraction of sp³-hybridized carbons (Fsp3) is 0.348. The predicted octanol–water partition coefficient (Wildman–Crippen LogP) is 2.98. The summed E-state index contributed by atoms with van der Waals surface area (Å²) in [5.41, 5.74) is 1.48. The van der Waals surface area contributed by atoms with Crippen LogP contribution in [0.15, 0.2) is 42.5 Å². The first-order valence-corrected chi connectivity index (χ1v) is 10.1. The first kappa shape index (κ1) is 22.3. The minimum Gasteiger partial charge on any atom is -0.497 e. The third-order valence-electron chi connectivity index (χ3n) is 5.25. The van der Waals surface area contributed by atoms with Crippen molar-refractivity contribution >= 4 is 29.1 Å². The summed E-state index contributed by atoms with van der Waals surface area (Å²) in [6.07, 6.45) is -0.0137. The van der Waals surface area contributed by atoms with Gasteiger partial charge in [-0.15, -0.1) is 0 Å². The Kier molecular flexibility index (Phi) is 6.89. The molecule has 1 unspecified atom stereocenters. The summed E-state index contributed by atoms with van der Waals surface area (Å²) in [5, 5.41) is 2.74. The average molecular weight is 427 g/mol. The van der Waals surface area contributed by atoms with E-state index in [2.05, 4.69) is 5.32 Å². The van der Waals surface area contributed by atoms with E-state index in [0.29, 0.717) is 18.0 Å². The highest BCUT2D eigenvalue weighted by Crippen LogP contribution is 2.29. The number of carbonyl (C=O) groups excluding carboxylic acids is 3. The number of likely N-dealkylation sites (N-methyl/N-ethyl adjacent to an activating group) is 1. The van der Waals surface area contributed by atoms with E-state index in [1.165, 1.54) is 23.0 Å². The Hall–Kier alpha value is -3.42. The lowest BCUT2D eigenvalue weighted by Crippen LogP contribution is -2.42. The van der Waals surface area contributed by atoms with Gasteiger partial charge in [0, 0.05) is 31.3 Å². The maximum atomic E-state index is 14.3. The van der Waals surface area contributed by atoms with Crippen LogP contribution in [0, 0.1) is 18.7 Å². The highest BCUT2D eigenvalue weighted by molar-refractivity contribution is 6.01. The van der Waals surface area contributed by atoms with Crippen molar-refractivity contribution in [1.82, 2.24) is 4.90 Å². The number of halogens is 1. The van der Waals surface area contributed by atoms with E-state index in [0.717, 1.165) is 5.56 Å². The van der Waals surface area contributed by atoms with Crippen molar-refractivity contribution in [1.29, 1.82) is 0 Å². The molecule has 1 heterocycles. The van der Waals surface area contributed by atoms with Gasteiger partial charge in [-0.25, -0.2) is 4.39 Å². The smallest absolute Gasteiger partial charge is 0.243 e. The van der Waals surface area contributed by atoms with Crippen molar-refractivity contribution in [3.63, 3.8) is 0 Å². The van der Waals surface area contributed by atoms with Gasteiger partial charge in [-0.3, -0.25) is 14.4 Å². The number of nitrogens with zero attached hydrogens (tertiary/aromatic N) is 2. The van der Waals surface area contributed by atoms with Gasteiger partial charge in [0.25, 0.3) is 0 Å². The molecule has 1 aliphatic rings. The molecule has 2 aromatic rings. The molecule has 0 aromatic heterocycles. The van der Waals surface area contributed by atoms with Gasteiger partial charge < -0.3 is 19.9 Å². The summed E-state index contributed by atoms with van der Waals surface area (Å²) in [7, 11) is 1.53. The third kappa shape index (κ3) is 5.20. The van der Waals surface area contributed by atoms with Crippen LogP contribution in [0.5, 0.6) is 5.75 Å². The number of rotatable bonds is 7. The maximum absolute atomic E-state index is 14.3. The molecule has 0 saturated carbocycles. The van der Waals surface area contributed by atoms with Gasteiger partial charge in [-0.2, -0.15) is 0 Å². The molecule has 1 fully saturated rings. The van der Waals surface area contributed by atoms with Gasteiger partial charge in [0.05, 0.1) is 25.3 Å². The van der Waals surface area contributed by atoms with Gasteiger partial charge in [-0.1, -0.05) is 12.1 Å². The molecule has 0 aliphatic carbocycles. The number of nitrogens with one attached hydrogen (secondary N) is 1. The molecule has 3 amide bonds. The normalized spacial score (nSPS) is 15.7. The Morgan fingerprint density at radius 1 is 1.26 bits per heavy atom. The Labute approximate surface area is 180 Å². The maximum Gasteiger partial charge on any atom is 0.243 e. The second kappa shape index (κ2) is 9.59. The second-order valence-electron chi connectivity index (χ2n) is 7.49. The zero-order valence-corrected chi connectivity index (χ0v) is 17.9. The largest absolute Gasteiger partial charge is 0.497 e. The topological polar surface area (TPSA) is 79.0 Å². The first-order chi connectivity index (χ1) is 14.8. The summed E-state index contributed by atoms with van der Waals surface area (Å²) < 4.78 is 19.4. The van der Waals surface area contributed by atoms with Crippen LogP contribution in [0.2, 0.25) is 0 Å². The standard InChI is InChI=1S/C23H26FN3O4/c1-4-26(14-21(28)25-17-6-5-7-18(12-17)31-3)23(30)16-11-22(29)27(13-16)20-9-8-15(2)10-19(20)24/h5-10,12,16H,4,11,13-14H2,1-3H3,(H,25,28). The fourth-order valence-corrected chi connectivity index (χ4v) is 3.62. The number of anilines is 2. The third-order valence-corrected chi connectivity index (χ3v) is 5.25. The minimum atomic E-state index is -0.627. The van der Waals surface area contributed by atoms with Gasteiger partial charge >= 0.3 is 0 Å². The molecule has 3 rings (SSSR count). The van der Waals surface area contributed by atoms with E-state index in [1.54, 1.807) is 50.2 Å². The molecule has 1 atom stereocenters. The summed E-state index contributed by atoms with van der Waals surface area (Å²) in [5.74, 6) is -1.47. The quantitative estimate of drug-likeness (QED) is 0.737. The molecular formula is C23H26FN3O4. The average Bonchev–Trinajstić information content (AvgIpc) is 3.13. The number of hydrogen-bond donors (Lipinski definition) is 1. The predicted molar refractivity (Wildman–Crippen MR) is 115 cm³/mol. The highest BCUT2D eigenvalue weighted by atomic mass is 19.1. The fourth-order valence-electron chi connectivity index (χ4n) is 3.62. The van der Waals surface area contributed by atoms with Gasteiger partial charge in [0.2, 0.25) is 17.7 Å². The number of aryl methyl sites for hydroxylation is 1. The molecule has 1 saturated heterocycles. The van der Waals surface area contributed by atoms with E-state index in [1.807, 2.05) is 0 Å². The van der Waals surface area contributed by atoms with Crippen molar-refractivity contribution in [3.05, 3.63) is 53.8 Å². The molecule has 0 radical (unpaired) electrons. The lowest BCUT2D eigenvalue weighted by molar-refractivity contribution is -0.138. The number of ether oxygens (including phenoxy) is 1. The number of benzene rings is 2. The van der Waals surface area contributed by atoms with Crippen LogP contribution in [0.1, 0.15) is 18.9 Å². The molecule has 1 aliphatic heterocycles. The van der Waals surface area contributed by atoms with Crippen molar-refractivity contribution in [2.75, 3.05) is 37.0 Å². The Morgan fingerprint density at radius 3 is 2.71 bits per heavy atom. The molecule has 164 valence electrons. The SMILES string of the molecule is CCN(CC(=O)Nc1cccc(OC)c1)C(=O)C1CC(=O)N(c2ccc(C)cc2F)C1. The van der Waals surface area contributed by atoms with Crippen LogP contribution < -0.4 is 15.0 Å². The van der Waals surface area contributed by atoms with Crippen molar-refractivity contribution in [2.45, 2.75) is 20.3 Å². The number of amides is 3. The summed E-state index contributed by atoms with van der Waals surface area (Å²) in [6.45, 7) is 3.79. The summed E-state index contributed by atoms with van der Waals surface area (Å²) >= 11 is 0. The van der Waals surface area contributed by atoms with E-state index in [4.69, 9.17) is 4.74 Å². The van der Waals surface area contributed by atoms with Crippen LogP contribution in [0.3, 0.4) is 0 Å². The van der Waals surface area contributed by atoms with Crippen molar-refractivity contribution < 1.29 is 23.5 Å². The number of methoxy groups -OCH3 is 1. The molecule has 31 heavy (non-hydrogen) atoms. The van der Waals surface area contributed by atoms with Crippen LogP contribution >= 0.6 is 0 Å². The Morgan fingerprint density at radius 2 is 2.03 bits per heavy atom. The molecule has 2 aromatic carbocycles. The van der Waals surface area contributed by atoms with Crippen LogP contribution in [-0.2, 0) is 14.4 Å². The van der Waals surface area contributed by atoms with E-state index in [-0.39, 0.29) is 42.9 Å². The van der Waals surface area contributed by atoms with Crippen LogP contribution in [-0.4, -0.2) is 49.4 Å². The van der Waals surface area contributed by atoms with E-state index < -0.39 is 11.7 Å². The summed E-state index contributed by atoms with van der Waals surface area (Å²) in [4.78, 5) is 40.6. The monoisotopic (exact) mass is 427 g/mol. The number of hydrogen-bond acceptors (Lipinski definition) is 4. The zero-order chi connectivity index (χ0) is 22.5. The first-order valence-electron chi connectivity index (χ1n) is 10.1. The molecule has 8 heteroatoms. The van der Waals surface area contributed by atoms with Crippen LogP contribution in [0.25, 0.3) is 0 Å². The molecule has 7 nitrogen and oxygen atoms in total. The van der Waals surface area contributed by atoms with E-state index >= 15 is 0 Å². The van der Waals surface area contributed by atoms with Crippen molar-refractivity contribution in [2.24, 2.45) is 5.92 Å². The second-order valence-corrected chi connectivity index (χ2v) is 7.49. The van der Waals surface area contributed by atoms with E-state index in [9.17, 15) is 18.8 Å². The zero-order valence-electron chi connectivity index (χ0n) is 17.9. The molecule has 1 N–H and O–H groups in total. The lowest BCUT2D eigenvalue weighted by Gasteiger charge is -2.24. The number of carbonyl (C=O) groups is 3. The molecular weight excluding hydrogens is 401 g/mol. The molecule has 0 bridgehead atoms. The molecule has 0 spiro atoms. The van der Waals surface area contributed by atoms with Gasteiger partial charge in [0.1, 0.15) is 11.6 Å². The van der Waals surface area contributed by atoms with Gasteiger partial charge in [0.15, 0.2) is 0 Å². The Balaban J connectivity index is 1.64. The minimum absolute atomic E-state index is 0.0137. The Bertz CT molecular complexity index is 995. The van der Waals surface area contributed by atoms with Gasteiger partial charge in [-0.05, 0) is 43.7 Å².